The van der Waals surface area contributed by atoms with Crippen molar-refractivity contribution in [2.24, 2.45) is 0 Å². The molecule has 1 N–H and O–H groups in total. The van der Waals surface area contributed by atoms with Crippen LogP contribution >= 0.6 is 0 Å². The number of anilines is 2. The maximum Gasteiger partial charge on any atom is 0.258 e. The Balaban J connectivity index is 1.31. The van der Waals surface area contributed by atoms with Gasteiger partial charge in [0.05, 0.1) is 31.7 Å². The molecule has 2 amide bonds. The van der Waals surface area contributed by atoms with Gasteiger partial charge in [-0.05, 0) is 65.9 Å². The molecule has 1 atom stereocenters. The van der Waals surface area contributed by atoms with Crippen LogP contribution in [-0.2, 0) is 25.9 Å². The lowest BCUT2D eigenvalue weighted by Crippen LogP contribution is -2.37. The smallest absolute Gasteiger partial charge is 0.258 e. The number of ether oxygens (including phenoxy) is 3. The molecule has 2 aliphatic rings. The first-order valence-corrected chi connectivity index (χ1v) is 15.8. The van der Waals surface area contributed by atoms with Crippen LogP contribution in [-0.4, -0.2) is 84.3 Å². The molecular formula is C31H34FN3O7S. The van der Waals surface area contributed by atoms with Crippen molar-refractivity contribution in [1.82, 2.24) is 4.90 Å². The van der Waals surface area contributed by atoms with Crippen molar-refractivity contribution in [1.29, 1.82) is 0 Å². The third kappa shape index (κ3) is 7.32. The molecule has 228 valence electrons. The van der Waals surface area contributed by atoms with Crippen molar-refractivity contribution in [2.45, 2.75) is 19.0 Å². The van der Waals surface area contributed by atoms with E-state index in [4.69, 9.17) is 14.2 Å². The number of rotatable bonds is 11. The number of hydrogen-bond donors (Lipinski definition) is 1. The van der Waals surface area contributed by atoms with Gasteiger partial charge in [-0.3, -0.25) is 14.3 Å². The van der Waals surface area contributed by atoms with Gasteiger partial charge in [-0.2, -0.15) is 0 Å². The number of alkyl halides is 1. The highest BCUT2D eigenvalue weighted by atomic mass is 32.2. The monoisotopic (exact) mass is 611 g/mol. The minimum Gasteiger partial charge on any atom is -0.465 e. The zero-order valence-corrected chi connectivity index (χ0v) is 24.9. The van der Waals surface area contributed by atoms with Crippen molar-refractivity contribution < 1.29 is 36.6 Å². The van der Waals surface area contributed by atoms with Gasteiger partial charge in [0.2, 0.25) is 10.0 Å². The van der Waals surface area contributed by atoms with Crippen LogP contribution in [0.15, 0.2) is 60.7 Å². The lowest BCUT2D eigenvalue weighted by atomic mass is 9.93. The van der Waals surface area contributed by atoms with E-state index in [-0.39, 0.29) is 36.6 Å². The van der Waals surface area contributed by atoms with Crippen LogP contribution < -0.4 is 14.4 Å². The van der Waals surface area contributed by atoms with Crippen LogP contribution in [0.3, 0.4) is 0 Å². The lowest BCUT2D eigenvalue weighted by Gasteiger charge is -2.29. The molecule has 5 rings (SSSR count). The van der Waals surface area contributed by atoms with Gasteiger partial charge < -0.3 is 24.0 Å². The van der Waals surface area contributed by atoms with Gasteiger partial charge in [0.25, 0.3) is 11.8 Å². The molecule has 0 radical (unpaired) electrons. The number of halogens is 1. The Kier molecular flexibility index (Phi) is 9.28. The van der Waals surface area contributed by atoms with Crippen LogP contribution in [0, 0.1) is 0 Å². The second-order valence-corrected chi connectivity index (χ2v) is 12.3. The number of fused-ring (bicyclic) bond motifs is 1. The maximum absolute atomic E-state index is 13.5. The quantitative estimate of drug-likeness (QED) is 0.256. The lowest BCUT2D eigenvalue weighted by molar-refractivity contribution is -0.00814. The van der Waals surface area contributed by atoms with E-state index in [2.05, 4.69) is 4.72 Å². The van der Waals surface area contributed by atoms with E-state index in [1.165, 1.54) is 4.90 Å². The first-order valence-electron chi connectivity index (χ1n) is 13.9. The summed E-state index contributed by atoms with van der Waals surface area (Å²) >= 11 is 0. The Morgan fingerprint density at radius 2 is 1.79 bits per heavy atom. The molecule has 0 spiro atoms. The molecule has 0 bridgehead atoms. The van der Waals surface area contributed by atoms with Gasteiger partial charge in [-0.15, -0.1) is 0 Å². The van der Waals surface area contributed by atoms with E-state index in [9.17, 15) is 22.4 Å². The summed E-state index contributed by atoms with van der Waals surface area (Å²) < 4.78 is 55.9. The molecule has 3 aromatic carbocycles. The van der Waals surface area contributed by atoms with Gasteiger partial charge in [-0.25, -0.2) is 12.8 Å². The standard InChI is InChI=1S/C31H34FN3O7S/c1-40-15-16-41-20-42-29-10-8-26(18-28(29)33-43(2,38)39)35-14-11-24-17-23(7-9-27(24)31(35)37)21-3-5-22(6-4-21)30(36)34-13-12-25(32)19-34/h3-10,17-18,25,33H,11-16,19-20H2,1-2H3/t25-/m0/s1. The van der Waals surface area contributed by atoms with E-state index in [1.807, 2.05) is 24.3 Å². The van der Waals surface area contributed by atoms with Gasteiger partial charge >= 0.3 is 0 Å². The third-order valence-corrected chi connectivity index (χ3v) is 7.96. The summed E-state index contributed by atoms with van der Waals surface area (Å²) in [6.45, 7) is 1.57. The van der Waals surface area contributed by atoms with Crippen LogP contribution in [0.4, 0.5) is 15.8 Å². The molecule has 2 aliphatic heterocycles. The molecule has 1 fully saturated rings. The zero-order chi connectivity index (χ0) is 30.6. The number of sulfonamides is 1. The Hall–Kier alpha value is -4.00. The molecule has 1 saturated heterocycles. The molecule has 0 aromatic heterocycles. The van der Waals surface area contributed by atoms with E-state index < -0.39 is 16.2 Å². The Morgan fingerprint density at radius 1 is 1.02 bits per heavy atom. The van der Waals surface area contributed by atoms with Crippen LogP contribution in [0.1, 0.15) is 32.7 Å². The molecule has 43 heavy (non-hydrogen) atoms. The number of hydrogen-bond acceptors (Lipinski definition) is 7. The number of carbonyl (C=O) groups is 2. The number of nitrogens with one attached hydrogen (secondary N) is 1. The number of likely N-dealkylation sites (tertiary alicyclic amines) is 1. The van der Waals surface area contributed by atoms with Crippen molar-refractivity contribution in [3.8, 4) is 16.9 Å². The summed E-state index contributed by atoms with van der Waals surface area (Å²) in [6.07, 6.45) is 1.04. The number of amides is 2. The van der Waals surface area contributed by atoms with Crippen molar-refractivity contribution in [2.75, 3.05) is 62.6 Å². The predicted molar refractivity (Wildman–Crippen MR) is 161 cm³/mol. The molecule has 10 nitrogen and oxygen atoms in total. The largest absolute Gasteiger partial charge is 0.465 e. The third-order valence-electron chi connectivity index (χ3n) is 7.37. The number of carbonyl (C=O) groups excluding carboxylic acids is 2. The van der Waals surface area contributed by atoms with E-state index in [0.717, 1.165) is 22.9 Å². The van der Waals surface area contributed by atoms with E-state index in [0.29, 0.717) is 56.0 Å². The molecule has 2 heterocycles. The SMILES string of the molecule is COCCOCOc1ccc(N2CCc3cc(-c4ccc(C(=O)N5CC[C@H](F)C5)cc4)ccc3C2=O)cc1NS(C)(=O)=O. The summed E-state index contributed by atoms with van der Waals surface area (Å²) in [5, 5.41) is 0. The summed E-state index contributed by atoms with van der Waals surface area (Å²) in [5.74, 6) is -0.110. The second-order valence-electron chi connectivity index (χ2n) is 10.5. The number of benzene rings is 3. The summed E-state index contributed by atoms with van der Waals surface area (Å²) in [4.78, 5) is 29.4. The summed E-state index contributed by atoms with van der Waals surface area (Å²) in [5.41, 5.74) is 4.50. The Morgan fingerprint density at radius 3 is 2.49 bits per heavy atom. The highest BCUT2D eigenvalue weighted by Crippen LogP contribution is 2.34. The topological polar surface area (TPSA) is 114 Å². The minimum absolute atomic E-state index is 0.101. The highest BCUT2D eigenvalue weighted by molar-refractivity contribution is 7.92. The first kappa shape index (κ1) is 30.5. The van der Waals surface area contributed by atoms with E-state index in [1.54, 1.807) is 48.4 Å². The molecule has 0 saturated carbocycles. The molecule has 12 heteroatoms. The number of methoxy groups -OCH3 is 1. The normalized spacial score (nSPS) is 16.7. The molecule has 0 unspecified atom stereocenters. The predicted octanol–water partition coefficient (Wildman–Crippen LogP) is 4.11. The van der Waals surface area contributed by atoms with Crippen molar-refractivity contribution >= 4 is 33.2 Å². The summed E-state index contributed by atoms with van der Waals surface area (Å²) in [7, 11) is -2.07. The second kappa shape index (κ2) is 13.1. The van der Waals surface area contributed by atoms with Gasteiger partial charge in [0.1, 0.15) is 11.9 Å². The first-order chi connectivity index (χ1) is 20.6. The average molecular weight is 612 g/mol. The van der Waals surface area contributed by atoms with Crippen LogP contribution in [0.2, 0.25) is 0 Å². The Bertz CT molecular complexity index is 1600. The fourth-order valence-corrected chi connectivity index (χ4v) is 5.76. The van der Waals surface area contributed by atoms with E-state index >= 15 is 0 Å². The summed E-state index contributed by atoms with van der Waals surface area (Å²) in [6, 6.07) is 17.7. The average Bonchev–Trinajstić information content (AvgIpc) is 3.43. The zero-order valence-electron chi connectivity index (χ0n) is 24.0. The fourth-order valence-electron chi connectivity index (χ4n) is 5.20. The van der Waals surface area contributed by atoms with Crippen molar-refractivity contribution in [3.63, 3.8) is 0 Å². The fraction of sp³-hybridized carbons (Fsp3) is 0.355. The molecular weight excluding hydrogens is 577 g/mol. The molecule has 0 aliphatic carbocycles. The van der Waals surface area contributed by atoms with Gasteiger partial charge in [-0.1, -0.05) is 24.3 Å². The number of nitrogens with zero attached hydrogens (tertiary/aromatic N) is 2. The minimum atomic E-state index is -3.62. The van der Waals surface area contributed by atoms with Crippen LogP contribution in [0.25, 0.3) is 11.1 Å². The molecule has 3 aromatic rings. The highest BCUT2D eigenvalue weighted by Gasteiger charge is 2.28. The Labute approximate surface area is 250 Å². The van der Waals surface area contributed by atoms with Gasteiger partial charge in [0, 0.05) is 37.0 Å². The van der Waals surface area contributed by atoms with Gasteiger partial charge in [0.15, 0.2) is 6.79 Å². The van der Waals surface area contributed by atoms with Crippen LogP contribution in [0.5, 0.6) is 5.75 Å². The maximum atomic E-state index is 13.5. The van der Waals surface area contributed by atoms with Crippen molar-refractivity contribution in [3.05, 3.63) is 77.4 Å².